The molecule has 0 bridgehead atoms. The average molecular weight is 436 g/mol. The third-order valence-electron chi connectivity index (χ3n) is 5.70. The fraction of sp³-hybridized carbons (Fsp3) is 0.375. The number of nitrogens with zero attached hydrogens (tertiary/aromatic N) is 4. The number of piperazine rings is 1. The van der Waals surface area contributed by atoms with Gasteiger partial charge < -0.3 is 24.4 Å². The van der Waals surface area contributed by atoms with Crippen LogP contribution < -0.4 is 15.0 Å². The van der Waals surface area contributed by atoms with Crippen molar-refractivity contribution in [2.45, 2.75) is 27.4 Å². The smallest absolute Gasteiger partial charge is 0.259 e. The standard InChI is InChI=1S/C24H29N5O3/c1-4-28-11-13-29(14-12-28)19-9-10-21(17(2)15-19)26-24(30)20-7-5-6-8-22(20)31-16-23-25-18(3)32-27-23/h5-10,15H,4,11-14,16H2,1-3H3,(H,26,30). The maximum Gasteiger partial charge on any atom is 0.259 e. The molecule has 3 aromatic rings. The van der Waals surface area contributed by atoms with E-state index in [0.29, 0.717) is 23.0 Å². The summed E-state index contributed by atoms with van der Waals surface area (Å²) in [5.74, 6) is 1.15. The van der Waals surface area contributed by atoms with E-state index in [2.05, 4.69) is 44.3 Å². The Morgan fingerprint density at radius 3 is 2.59 bits per heavy atom. The molecular weight excluding hydrogens is 406 g/mol. The Hall–Kier alpha value is -3.39. The van der Waals surface area contributed by atoms with Crippen LogP contribution in [0.25, 0.3) is 0 Å². The normalized spacial score (nSPS) is 14.4. The summed E-state index contributed by atoms with van der Waals surface area (Å²) < 4.78 is 10.7. The molecule has 0 saturated carbocycles. The maximum absolute atomic E-state index is 13.0. The minimum absolute atomic E-state index is 0.126. The second-order valence-corrected chi connectivity index (χ2v) is 7.89. The Balaban J connectivity index is 1.42. The Morgan fingerprint density at radius 2 is 1.91 bits per heavy atom. The lowest BCUT2D eigenvalue weighted by Gasteiger charge is -2.35. The number of ether oxygens (including phenoxy) is 1. The summed E-state index contributed by atoms with van der Waals surface area (Å²) in [6.07, 6.45) is 0. The summed E-state index contributed by atoms with van der Waals surface area (Å²) in [5.41, 5.74) is 3.45. The molecule has 0 atom stereocenters. The van der Waals surface area contributed by atoms with Gasteiger partial charge in [-0.1, -0.05) is 24.2 Å². The average Bonchev–Trinajstić information content (AvgIpc) is 3.24. The first-order valence-corrected chi connectivity index (χ1v) is 10.9. The number of nitrogens with one attached hydrogen (secondary N) is 1. The highest BCUT2D eigenvalue weighted by Gasteiger charge is 2.18. The number of aryl methyl sites for hydroxylation is 2. The monoisotopic (exact) mass is 435 g/mol. The highest BCUT2D eigenvalue weighted by Crippen LogP contribution is 2.26. The lowest BCUT2D eigenvalue weighted by atomic mass is 10.1. The van der Waals surface area contributed by atoms with Gasteiger partial charge in [0.1, 0.15) is 5.75 Å². The van der Waals surface area contributed by atoms with Crippen LogP contribution in [-0.4, -0.2) is 53.7 Å². The van der Waals surface area contributed by atoms with Crippen LogP contribution in [0.5, 0.6) is 5.75 Å². The molecule has 2 aromatic carbocycles. The minimum atomic E-state index is -0.225. The molecule has 168 valence electrons. The Labute approximate surface area is 188 Å². The van der Waals surface area contributed by atoms with Gasteiger partial charge in [0.2, 0.25) is 11.7 Å². The Morgan fingerprint density at radius 1 is 1.12 bits per heavy atom. The van der Waals surface area contributed by atoms with Crippen molar-refractivity contribution in [1.29, 1.82) is 0 Å². The third-order valence-corrected chi connectivity index (χ3v) is 5.70. The second-order valence-electron chi connectivity index (χ2n) is 7.89. The van der Waals surface area contributed by atoms with E-state index in [-0.39, 0.29) is 12.5 Å². The lowest BCUT2D eigenvalue weighted by Crippen LogP contribution is -2.46. The molecule has 1 saturated heterocycles. The number of carbonyl (C=O) groups is 1. The number of hydrogen-bond donors (Lipinski definition) is 1. The molecule has 0 radical (unpaired) electrons. The van der Waals surface area contributed by atoms with E-state index in [1.54, 1.807) is 19.1 Å². The quantitative estimate of drug-likeness (QED) is 0.606. The maximum atomic E-state index is 13.0. The molecule has 32 heavy (non-hydrogen) atoms. The van der Waals surface area contributed by atoms with Crippen molar-refractivity contribution < 1.29 is 14.1 Å². The number of anilines is 2. The lowest BCUT2D eigenvalue weighted by molar-refractivity contribution is 0.102. The largest absolute Gasteiger partial charge is 0.485 e. The van der Waals surface area contributed by atoms with Crippen LogP contribution in [0.4, 0.5) is 11.4 Å². The summed E-state index contributed by atoms with van der Waals surface area (Å²) in [6, 6.07) is 13.3. The van der Waals surface area contributed by atoms with Crippen molar-refractivity contribution in [2.24, 2.45) is 0 Å². The number of benzene rings is 2. The first kappa shape index (κ1) is 21.8. The van der Waals surface area contributed by atoms with Gasteiger partial charge in [0.05, 0.1) is 5.56 Å². The summed E-state index contributed by atoms with van der Waals surface area (Å²) >= 11 is 0. The molecule has 4 rings (SSSR count). The summed E-state index contributed by atoms with van der Waals surface area (Å²) in [5, 5.41) is 6.84. The summed E-state index contributed by atoms with van der Waals surface area (Å²) in [7, 11) is 0. The zero-order valence-corrected chi connectivity index (χ0v) is 18.8. The van der Waals surface area contributed by atoms with E-state index in [1.165, 1.54) is 5.69 Å². The Kier molecular flexibility index (Phi) is 6.70. The van der Waals surface area contributed by atoms with Gasteiger partial charge in [-0.05, 0) is 49.4 Å². The van der Waals surface area contributed by atoms with E-state index >= 15 is 0 Å². The molecule has 1 fully saturated rings. The molecule has 2 heterocycles. The molecule has 0 spiro atoms. The summed E-state index contributed by atoms with van der Waals surface area (Å²) in [6.45, 7) is 11.3. The SMILES string of the molecule is CCN1CCN(c2ccc(NC(=O)c3ccccc3OCc3noc(C)n3)c(C)c2)CC1. The van der Waals surface area contributed by atoms with E-state index in [4.69, 9.17) is 9.26 Å². The molecule has 1 N–H and O–H groups in total. The molecule has 8 nitrogen and oxygen atoms in total. The van der Waals surface area contributed by atoms with Crippen LogP contribution in [0.1, 0.15) is 34.6 Å². The fourth-order valence-corrected chi connectivity index (χ4v) is 3.82. The van der Waals surface area contributed by atoms with Crippen LogP contribution in [-0.2, 0) is 6.61 Å². The van der Waals surface area contributed by atoms with Crippen molar-refractivity contribution >= 4 is 17.3 Å². The molecule has 1 amide bonds. The molecular formula is C24H29N5O3. The topological polar surface area (TPSA) is 83.7 Å². The van der Waals surface area contributed by atoms with E-state index in [1.807, 2.05) is 25.1 Å². The zero-order valence-electron chi connectivity index (χ0n) is 18.8. The number of hydrogen-bond acceptors (Lipinski definition) is 7. The number of carbonyl (C=O) groups excluding carboxylic acids is 1. The van der Waals surface area contributed by atoms with Crippen LogP contribution in [0.15, 0.2) is 47.0 Å². The molecule has 1 aliphatic heterocycles. The first-order valence-electron chi connectivity index (χ1n) is 10.9. The number of likely N-dealkylation sites (N-methyl/N-ethyl adjacent to an activating group) is 1. The van der Waals surface area contributed by atoms with Crippen LogP contribution in [0, 0.1) is 13.8 Å². The predicted molar refractivity (Wildman–Crippen MR) is 123 cm³/mol. The third kappa shape index (κ3) is 5.08. The first-order chi connectivity index (χ1) is 15.5. The number of aromatic nitrogens is 2. The van der Waals surface area contributed by atoms with Crippen molar-refractivity contribution in [3.05, 3.63) is 65.3 Å². The van der Waals surface area contributed by atoms with Crippen molar-refractivity contribution in [3.63, 3.8) is 0 Å². The molecule has 8 heteroatoms. The highest BCUT2D eigenvalue weighted by atomic mass is 16.5. The van der Waals surface area contributed by atoms with Gasteiger partial charge in [-0.25, -0.2) is 0 Å². The van der Waals surface area contributed by atoms with Gasteiger partial charge in [-0.3, -0.25) is 4.79 Å². The van der Waals surface area contributed by atoms with Crippen LogP contribution in [0.2, 0.25) is 0 Å². The molecule has 0 aliphatic carbocycles. The molecule has 0 unspecified atom stereocenters. The number of para-hydroxylation sites is 1. The van der Waals surface area contributed by atoms with Gasteiger partial charge in [-0.15, -0.1) is 0 Å². The van der Waals surface area contributed by atoms with E-state index < -0.39 is 0 Å². The number of amides is 1. The summed E-state index contributed by atoms with van der Waals surface area (Å²) in [4.78, 5) is 22.0. The fourth-order valence-electron chi connectivity index (χ4n) is 3.82. The molecule has 1 aliphatic rings. The van der Waals surface area contributed by atoms with Gasteiger partial charge >= 0.3 is 0 Å². The molecule has 1 aromatic heterocycles. The predicted octanol–water partition coefficient (Wildman–Crippen LogP) is 3.66. The zero-order chi connectivity index (χ0) is 22.5. The number of rotatable bonds is 7. The second kappa shape index (κ2) is 9.82. The van der Waals surface area contributed by atoms with Crippen molar-refractivity contribution in [1.82, 2.24) is 15.0 Å². The minimum Gasteiger partial charge on any atom is -0.485 e. The van der Waals surface area contributed by atoms with Gasteiger partial charge in [0, 0.05) is 44.5 Å². The van der Waals surface area contributed by atoms with E-state index in [0.717, 1.165) is 44.0 Å². The van der Waals surface area contributed by atoms with Gasteiger partial charge in [0.25, 0.3) is 5.91 Å². The van der Waals surface area contributed by atoms with Crippen molar-refractivity contribution in [2.75, 3.05) is 42.9 Å². The van der Waals surface area contributed by atoms with Gasteiger partial charge in [0.15, 0.2) is 6.61 Å². The van der Waals surface area contributed by atoms with Crippen LogP contribution >= 0.6 is 0 Å². The van der Waals surface area contributed by atoms with Gasteiger partial charge in [-0.2, -0.15) is 4.98 Å². The Bertz CT molecular complexity index is 1070. The highest BCUT2D eigenvalue weighted by molar-refractivity contribution is 6.06. The van der Waals surface area contributed by atoms with Crippen molar-refractivity contribution in [3.8, 4) is 5.75 Å². The van der Waals surface area contributed by atoms with Crippen LogP contribution in [0.3, 0.4) is 0 Å². The van der Waals surface area contributed by atoms with E-state index in [9.17, 15) is 4.79 Å².